The van der Waals surface area contributed by atoms with Gasteiger partial charge < -0.3 is 10.1 Å². The van der Waals surface area contributed by atoms with Crippen molar-refractivity contribution in [2.45, 2.75) is 39.1 Å². The van der Waals surface area contributed by atoms with Crippen LogP contribution in [-0.2, 0) is 16.6 Å². The molecule has 0 saturated carbocycles. The highest BCUT2D eigenvalue weighted by Gasteiger charge is 2.20. The normalized spacial score (nSPS) is 11.1. The first-order chi connectivity index (χ1) is 15.2. The van der Waals surface area contributed by atoms with Crippen LogP contribution in [0.15, 0.2) is 65.6 Å². The molecule has 3 rings (SSSR count). The lowest BCUT2D eigenvalue weighted by Crippen LogP contribution is -2.23. The first kappa shape index (κ1) is 23.3. The van der Waals surface area contributed by atoms with Crippen molar-refractivity contribution in [3.63, 3.8) is 0 Å². The molecule has 3 aromatic carbocycles. The molecule has 7 heteroatoms. The Labute approximate surface area is 189 Å². The summed E-state index contributed by atoms with van der Waals surface area (Å²) < 4.78 is 34.3. The van der Waals surface area contributed by atoms with Gasteiger partial charge in [0.05, 0.1) is 17.2 Å². The highest BCUT2D eigenvalue weighted by Crippen LogP contribution is 2.24. The molecule has 0 aromatic heterocycles. The number of anilines is 1. The van der Waals surface area contributed by atoms with Crippen LogP contribution < -0.4 is 14.8 Å². The van der Waals surface area contributed by atoms with Gasteiger partial charge in [0.25, 0.3) is 15.9 Å². The first-order valence-corrected chi connectivity index (χ1v) is 11.9. The van der Waals surface area contributed by atoms with E-state index in [0.717, 1.165) is 22.4 Å². The van der Waals surface area contributed by atoms with E-state index >= 15 is 0 Å². The predicted octanol–water partition coefficient (Wildman–Crippen LogP) is 4.74. The number of hydrogen-bond donors (Lipinski definition) is 2. The zero-order valence-corrected chi connectivity index (χ0v) is 19.5. The van der Waals surface area contributed by atoms with Crippen molar-refractivity contribution in [2.75, 3.05) is 11.3 Å². The summed E-state index contributed by atoms with van der Waals surface area (Å²) in [5.74, 6) is 0.385. The van der Waals surface area contributed by atoms with Gasteiger partial charge in [0.1, 0.15) is 5.75 Å². The van der Waals surface area contributed by atoms with E-state index in [9.17, 15) is 13.2 Å². The third kappa shape index (κ3) is 5.68. The van der Waals surface area contributed by atoms with E-state index in [1.165, 1.54) is 6.07 Å². The Bertz CT molecular complexity index is 1240. The van der Waals surface area contributed by atoms with Gasteiger partial charge in [-0.15, -0.1) is 0 Å². The fraction of sp³-hybridized carbons (Fsp3) is 0.240. The fourth-order valence-electron chi connectivity index (χ4n) is 3.27. The van der Waals surface area contributed by atoms with E-state index in [0.29, 0.717) is 24.4 Å². The van der Waals surface area contributed by atoms with E-state index < -0.39 is 10.0 Å². The summed E-state index contributed by atoms with van der Waals surface area (Å²) in [6.45, 7) is 8.22. The maximum atomic E-state index is 13.1. The Morgan fingerprint density at radius 2 is 1.69 bits per heavy atom. The lowest BCUT2D eigenvalue weighted by atomic mass is 10.1. The van der Waals surface area contributed by atoms with Crippen molar-refractivity contribution in [1.82, 2.24) is 5.32 Å². The second kappa shape index (κ2) is 9.87. The van der Waals surface area contributed by atoms with Crippen LogP contribution in [0.4, 0.5) is 5.69 Å². The van der Waals surface area contributed by atoms with Crippen LogP contribution in [0.5, 0.6) is 5.75 Å². The molecular weight excluding hydrogens is 424 g/mol. The summed E-state index contributed by atoms with van der Waals surface area (Å²) in [5, 5.41) is 2.84. The number of carbonyl (C=O) groups excluding carboxylic acids is 1. The van der Waals surface area contributed by atoms with Crippen LogP contribution in [0.25, 0.3) is 0 Å². The summed E-state index contributed by atoms with van der Waals surface area (Å²) in [5.41, 5.74) is 4.02. The lowest BCUT2D eigenvalue weighted by Gasteiger charge is -2.14. The van der Waals surface area contributed by atoms with Crippen LogP contribution in [0.1, 0.15) is 39.5 Å². The number of sulfonamides is 1. The molecule has 2 N–H and O–H groups in total. The summed E-state index contributed by atoms with van der Waals surface area (Å²) in [4.78, 5) is 12.8. The zero-order chi connectivity index (χ0) is 23.3. The Hall–Kier alpha value is -3.32. The molecule has 0 aliphatic rings. The molecule has 0 fully saturated rings. The molecular formula is C25H28N2O4S. The first-order valence-electron chi connectivity index (χ1n) is 10.4. The van der Waals surface area contributed by atoms with E-state index in [4.69, 9.17) is 4.74 Å². The van der Waals surface area contributed by atoms with Crippen molar-refractivity contribution in [3.05, 3.63) is 88.5 Å². The molecule has 0 heterocycles. The summed E-state index contributed by atoms with van der Waals surface area (Å²) in [7, 11) is -3.86. The minimum Gasteiger partial charge on any atom is -0.494 e. The minimum atomic E-state index is -3.86. The van der Waals surface area contributed by atoms with Gasteiger partial charge in [-0.3, -0.25) is 9.52 Å². The van der Waals surface area contributed by atoms with E-state index in [1.807, 2.05) is 57.2 Å². The third-order valence-electron chi connectivity index (χ3n) is 5.04. The molecule has 0 aliphatic carbocycles. The number of amides is 1. The van der Waals surface area contributed by atoms with Gasteiger partial charge in [0.15, 0.2) is 0 Å². The molecule has 168 valence electrons. The van der Waals surface area contributed by atoms with E-state index in [2.05, 4.69) is 10.0 Å². The standard InChI is InChI=1S/C25H28N2O4S/c1-5-31-22-8-6-7-20(14-22)16-26-25(28)21-12-11-19(4)24(15-21)32(29,30)27-23-13-17(2)9-10-18(23)3/h6-15,27H,5,16H2,1-4H3,(H,26,28). The molecule has 1 amide bonds. The van der Waals surface area contributed by atoms with Crippen LogP contribution in [-0.4, -0.2) is 20.9 Å². The SMILES string of the molecule is CCOc1cccc(CNC(=O)c2ccc(C)c(S(=O)(=O)Nc3cc(C)ccc3C)c2)c1. The molecule has 0 aliphatic heterocycles. The molecule has 0 atom stereocenters. The second-order valence-corrected chi connectivity index (χ2v) is 9.32. The highest BCUT2D eigenvalue weighted by molar-refractivity contribution is 7.92. The maximum Gasteiger partial charge on any atom is 0.262 e. The smallest absolute Gasteiger partial charge is 0.262 e. The Morgan fingerprint density at radius 1 is 0.938 bits per heavy atom. The van der Waals surface area contributed by atoms with Gasteiger partial charge in [-0.05, 0) is 80.3 Å². The van der Waals surface area contributed by atoms with Gasteiger partial charge in [-0.25, -0.2) is 8.42 Å². The summed E-state index contributed by atoms with van der Waals surface area (Å²) in [6, 6.07) is 17.7. The molecule has 0 radical (unpaired) electrons. The number of aryl methyl sites for hydroxylation is 3. The van der Waals surface area contributed by atoms with Gasteiger partial charge in [0.2, 0.25) is 0 Å². The number of rotatable bonds is 8. The highest BCUT2D eigenvalue weighted by atomic mass is 32.2. The van der Waals surface area contributed by atoms with Gasteiger partial charge in [-0.2, -0.15) is 0 Å². The minimum absolute atomic E-state index is 0.0735. The molecule has 6 nitrogen and oxygen atoms in total. The Balaban J connectivity index is 1.79. The van der Waals surface area contributed by atoms with Crippen LogP contribution in [0, 0.1) is 20.8 Å². The van der Waals surface area contributed by atoms with Gasteiger partial charge in [0, 0.05) is 12.1 Å². The van der Waals surface area contributed by atoms with Crippen molar-refractivity contribution < 1.29 is 17.9 Å². The van der Waals surface area contributed by atoms with Gasteiger partial charge in [-0.1, -0.05) is 30.3 Å². The van der Waals surface area contributed by atoms with Crippen LogP contribution >= 0.6 is 0 Å². The second-order valence-electron chi connectivity index (χ2n) is 7.67. The topological polar surface area (TPSA) is 84.5 Å². The van der Waals surface area contributed by atoms with Gasteiger partial charge >= 0.3 is 0 Å². The number of benzene rings is 3. The van der Waals surface area contributed by atoms with Crippen molar-refractivity contribution in [1.29, 1.82) is 0 Å². The van der Waals surface area contributed by atoms with Crippen molar-refractivity contribution in [3.8, 4) is 5.75 Å². The Morgan fingerprint density at radius 3 is 2.44 bits per heavy atom. The molecule has 0 bridgehead atoms. The number of nitrogens with one attached hydrogen (secondary N) is 2. The summed E-state index contributed by atoms with van der Waals surface area (Å²) >= 11 is 0. The van der Waals surface area contributed by atoms with Crippen LogP contribution in [0.3, 0.4) is 0 Å². The zero-order valence-electron chi connectivity index (χ0n) is 18.7. The van der Waals surface area contributed by atoms with E-state index in [-0.39, 0.29) is 16.4 Å². The number of ether oxygens (including phenoxy) is 1. The number of carbonyl (C=O) groups is 1. The molecule has 0 spiro atoms. The fourth-order valence-corrected chi connectivity index (χ4v) is 4.67. The lowest BCUT2D eigenvalue weighted by molar-refractivity contribution is 0.0950. The monoisotopic (exact) mass is 452 g/mol. The largest absolute Gasteiger partial charge is 0.494 e. The predicted molar refractivity (Wildman–Crippen MR) is 127 cm³/mol. The van der Waals surface area contributed by atoms with E-state index in [1.54, 1.807) is 25.1 Å². The molecule has 0 unspecified atom stereocenters. The average molecular weight is 453 g/mol. The Kier molecular flexibility index (Phi) is 7.20. The quantitative estimate of drug-likeness (QED) is 0.517. The van der Waals surface area contributed by atoms with Crippen molar-refractivity contribution >= 4 is 21.6 Å². The van der Waals surface area contributed by atoms with Crippen molar-refractivity contribution in [2.24, 2.45) is 0 Å². The third-order valence-corrected chi connectivity index (χ3v) is 6.55. The molecule has 32 heavy (non-hydrogen) atoms. The summed E-state index contributed by atoms with van der Waals surface area (Å²) in [6.07, 6.45) is 0. The average Bonchev–Trinajstić information content (AvgIpc) is 2.75. The molecule has 0 saturated heterocycles. The molecule has 3 aromatic rings. The van der Waals surface area contributed by atoms with Crippen LogP contribution in [0.2, 0.25) is 0 Å². The number of hydrogen-bond acceptors (Lipinski definition) is 4. The maximum absolute atomic E-state index is 13.1.